The van der Waals surface area contributed by atoms with Gasteiger partial charge in [-0.05, 0) is 23.1 Å². The number of rotatable bonds is 5. The van der Waals surface area contributed by atoms with Crippen molar-refractivity contribution in [2.45, 2.75) is 12.8 Å². The maximum atomic E-state index is 10.9. The quantitative estimate of drug-likeness (QED) is 0.520. The van der Waals surface area contributed by atoms with E-state index in [1.807, 2.05) is 37.3 Å². The van der Waals surface area contributed by atoms with Crippen LogP contribution in [0.15, 0.2) is 36.5 Å². The van der Waals surface area contributed by atoms with Gasteiger partial charge in [0.15, 0.2) is 0 Å². The van der Waals surface area contributed by atoms with Crippen molar-refractivity contribution >= 4 is 23.1 Å². The van der Waals surface area contributed by atoms with Crippen molar-refractivity contribution in [3.05, 3.63) is 57.5 Å². The number of hydrogen-bond donors (Lipinski definition) is 1. The highest BCUT2D eigenvalue weighted by atomic mass is 35.5. The van der Waals surface area contributed by atoms with Crippen LogP contribution in [0.3, 0.4) is 0 Å². The maximum absolute atomic E-state index is 10.9. The van der Waals surface area contributed by atoms with E-state index < -0.39 is 4.92 Å². The molecule has 1 atom stereocenters. The lowest BCUT2D eigenvalue weighted by Crippen LogP contribution is -2.12. The molecule has 1 heterocycles. The second-order valence-electron chi connectivity index (χ2n) is 4.32. The Kier molecular flexibility index (Phi) is 4.47. The Balaban J connectivity index is 2.11. The molecule has 0 spiro atoms. The molecule has 7 heteroatoms. The van der Waals surface area contributed by atoms with Gasteiger partial charge in [0.1, 0.15) is 6.20 Å². The first-order valence-electron chi connectivity index (χ1n) is 6.03. The molecule has 0 saturated heterocycles. The summed E-state index contributed by atoms with van der Waals surface area (Å²) in [7, 11) is 0. The summed E-state index contributed by atoms with van der Waals surface area (Å²) in [5.41, 5.74) is 0.956. The second kappa shape index (κ2) is 6.29. The van der Waals surface area contributed by atoms with E-state index in [4.69, 9.17) is 11.6 Å². The van der Waals surface area contributed by atoms with Gasteiger partial charge in [-0.2, -0.15) is 4.98 Å². The predicted molar refractivity (Wildman–Crippen MR) is 77.0 cm³/mol. The van der Waals surface area contributed by atoms with E-state index in [9.17, 15) is 10.1 Å². The molecule has 0 radical (unpaired) electrons. The molecule has 0 bridgehead atoms. The Morgan fingerprint density at radius 1 is 1.40 bits per heavy atom. The number of aromatic nitrogens is 2. The number of nitro groups is 1. The van der Waals surface area contributed by atoms with Crippen LogP contribution in [-0.2, 0) is 0 Å². The lowest BCUT2D eigenvalue weighted by Gasteiger charge is -2.13. The Morgan fingerprint density at radius 2 is 2.10 bits per heavy atom. The van der Waals surface area contributed by atoms with Crippen molar-refractivity contribution in [1.82, 2.24) is 9.97 Å². The summed E-state index contributed by atoms with van der Waals surface area (Å²) in [6, 6.07) is 9.87. The summed E-state index contributed by atoms with van der Waals surface area (Å²) in [5, 5.41) is 13.8. The fourth-order valence-corrected chi connectivity index (χ4v) is 1.90. The lowest BCUT2D eigenvalue weighted by molar-refractivity contribution is -0.384. The molecule has 1 N–H and O–H groups in total. The van der Waals surface area contributed by atoms with Gasteiger partial charge in [0.25, 0.3) is 0 Å². The summed E-state index contributed by atoms with van der Waals surface area (Å²) >= 11 is 5.67. The Morgan fingerprint density at radius 3 is 2.75 bits per heavy atom. The highest BCUT2D eigenvalue weighted by molar-refractivity contribution is 6.28. The van der Waals surface area contributed by atoms with Crippen molar-refractivity contribution in [2.24, 2.45) is 0 Å². The zero-order chi connectivity index (χ0) is 14.5. The highest BCUT2D eigenvalue weighted by Gasteiger charge is 2.17. The molecule has 0 fully saturated rings. The van der Waals surface area contributed by atoms with E-state index in [-0.39, 0.29) is 22.7 Å². The van der Waals surface area contributed by atoms with Crippen LogP contribution >= 0.6 is 11.6 Å². The zero-order valence-electron chi connectivity index (χ0n) is 10.8. The number of nitrogens with zero attached hydrogens (tertiary/aromatic N) is 3. The largest absolute Gasteiger partial charge is 0.364 e. The van der Waals surface area contributed by atoms with Crippen LogP contribution in [0, 0.1) is 10.1 Å². The lowest BCUT2D eigenvalue weighted by atomic mass is 10.0. The fraction of sp³-hybridized carbons (Fsp3) is 0.231. The highest BCUT2D eigenvalue weighted by Crippen LogP contribution is 2.23. The molecule has 0 aliphatic carbocycles. The SMILES string of the molecule is CC(CNc1nc(Cl)ncc1[N+](=O)[O-])c1ccccc1. The van der Waals surface area contributed by atoms with Crippen LogP contribution < -0.4 is 5.32 Å². The molecule has 1 unspecified atom stereocenters. The molecular weight excluding hydrogens is 280 g/mol. The summed E-state index contributed by atoms with van der Waals surface area (Å²) in [6.45, 7) is 2.54. The van der Waals surface area contributed by atoms with Gasteiger partial charge in [-0.15, -0.1) is 0 Å². The first-order valence-corrected chi connectivity index (χ1v) is 6.41. The van der Waals surface area contributed by atoms with Crippen molar-refractivity contribution < 1.29 is 4.92 Å². The first-order chi connectivity index (χ1) is 9.58. The molecule has 0 aliphatic heterocycles. The summed E-state index contributed by atoms with van der Waals surface area (Å²) in [5.74, 6) is 0.322. The minimum atomic E-state index is -0.536. The monoisotopic (exact) mass is 292 g/mol. The Bertz CT molecular complexity index is 607. The number of hydrogen-bond acceptors (Lipinski definition) is 5. The van der Waals surface area contributed by atoms with E-state index in [0.717, 1.165) is 11.8 Å². The van der Waals surface area contributed by atoms with Crippen LogP contribution in [0.4, 0.5) is 11.5 Å². The molecule has 6 nitrogen and oxygen atoms in total. The van der Waals surface area contributed by atoms with E-state index >= 15 is 0 Å². The van der Waals surface area contributed by atoms with Crippen LogP contribution in [-0.4, -0.2) is 21.4 Å². The third-order valence-corrected chi connectivity index (χ3v) is 3.06. The van der Waals surface area contributed by atoms with Crippen LogP contribution in [0.25, 0.3) is 0 Å². The Hall–Kier alpha value is -2.21. The van der Waals surface area contributed by atoms with Crippen LogP contribution in [0.5, 0.6) is 0 Å². The number of benzene rings is 1. The first kappa shape index (κ1) is 14.2. The third-order valence-electron chi connectivity index (χ3n) is 2.88. The van der Waals surface area contributed by atoms with Gasteiger partial charge < -0.3 is 5.32 Å². The topological polar surface area (TPSA) is 81.0 Å². The molecule has 2 rings (SSSR count). The molecule has 104 valence electrons. The third kappa shape index (κ3) is 3.42. The zero-order valence-corrected chi connectivity index (χ0v) is 11.5. The summed E-state index contributed by atoms with van der Waals surface area (Å²) in [6.07, 6.45) is 1.10. The number of halogens is 1. The number of anilines is 1. The molecule has 2 aromatic rings. The van der Waals surface area contributed by atoms with Crippen molar-refractivity contribution in [2.75, 3.05) is 11.9 Å². The Labute approximate surface area is 121 Å². The van der Waals surface area contributed by atoms with Gasteiger partial charge in [0.05, 0.1) is 4.92 Å². The maximum Gasteiger partial charge on any atom is 0.329 e. The smallest absolute Gasteiger partial charge is 0.329 e. The predicted octanol–water partition coefficient (Wildman–Crippen LogP) is 3.25. The van der Waals surface area contributed by atoms with E-state index in [1.165, 1.54) is 0 Å². The van der Waals surface area contributed by atoms with Gasteiger partial charge in [-0.3, -0.25) is 10.1 Å². The standard InChI is InChI=1S/C13H13ClN4O2/c1-9(10-5-3-2-4-6-10)7-15-12-11(18(19)20)8-16-13(14)17-12/h2-6,8-9H,7H2,1H3,(H,15,16,17). The van der Waals surface area contributed by atoms with Crippen molar-refractivity contribution in [3.63, 3.8) is 0 Å². The molecule has 20 heavy (non-hydrogen) atoms. The molecule has 0 aliphatic rings. The normalized spacial score (nSPS) is 11.9. The molecule has 0 saturated carbocycles. The average molecular weight is 293 g/mol. The van der Waals surface area contributed by atoms with Crippen LogP contribution in [0.2, 0.25) is 5.28 Å². The summed E-state index contributed by atoms with van der Waals surface area (Å²) in [4.78, 5) is 17.8. The van der Waals surface area contributed by atoms with Crippen LogP contribution in [0.1, 0.15) is 18.4 Å². The van der Waals surface area contributed by atoms with Gasteiger partial charge in [0, 0.05) is 6.54 Å². The van der Waals surface area contributed by atoms with E-state index in [1.54, 1.807) is 0 Å². The molecule has 0 amide bonds. The molecular formula is C13H13ClN4O2. The van der Waals surface area contributed by atoms with Gasteiger partial charge in [-0.25, -0.2) is 4.98 Å². The molecule has 1 aromatic carbocycles. The average Bonchev–Trinajstić information content (AvgIpc) is 2.45. The fourth-order valence-electron chi connectivity index (χ4n) is 1.77. The van der Waals surface area contributed by atoms with Crippen molar-refractivity contribution in [1.29, 1.82) is 0 Å². The minimum Gasteiger partial charge on any atom is -0.364 e. The summed E-state index contributed by atoms with van der Waals surface area (Å²) < 4.78 is 0. The number of nitrogens with one attached hydrogen (secondary N) is 1. The molecule has 1 aromatic heterocycles. The van der Waals surface area contributed by atoms with Gasteiger partial charge in [-0.1, -0.05) is 37.3 Å². The van der Waals surface area contributed by atoms with E-state index in [0.29, 0.717) is 6.54 Å². The van der Waals surface area contributed by atoms with E-state index in [2.05, 4.69) is 15.3 Å². The van der Waals surface area contributed by atoms with Crippen molar-refractivity contribution in [3.8, 4) is 0 Å². The van der Waals surface area contributed by atoms with Gasteiger partial charge >= 0.3 is 5.69 Å². The van der Waals surface area contributed by atoms with Gasteiger partial charge in [0.2, 0.25) is 11.1 Å². The second-order valence-corrected chi connectivity index (χ2v) is 4.66. The minimum absolute atomic E-state index is 0.0227.